The van der Waals surface area contributed by atoms with E-state index in [-0.39, 0.29) is 0 Å². The summed E-state index contributed by atoms with van der Waals surface area (Å²) in [5.41, 5.74) is 3.44. The molecule has 4 aromatic rings. The van der Waals surface area contributed by atoms with E-state index < -0.39 is 0 Å². The summed E-state index contributed by atoms with van der Waals surface area (Å²) < 4.78 is 1.76. The first-order chi connectivity index (χ1) is 10.4. The lowest BCUT2D eigenvalue weighted by Gasteiger charge is -2.04. The Hall–Kier alpha value is -3.08. The first kappa shape index (κ1) is 11.7. The number of nitrogens with zero attached hydrogens (tertiary/aromatic N) is 5. The van der Waals surface area contributed by atoms with E-state index in [0.29, 0.717) is 0 Å². The summed E-state index contributed by atoms with van der Waals surface area (Å²) >= 11 is 0. The molecule has 0 spiro atoms. The number of hydrogen-bond donors (Lipinski definition) is 0. The number of hydrogen-bond acceptors (Lipinski definition) is 4. The lowest BCUT2D eigenvalue weighted by molar-refractivity contribution is 0.807. The number of para-hydroxylation sites is 1. The van der Waals surface area contributed by atoms with Gasteiger partial charge in [0.2, 0.25) is 0 Å². The van der Waals surface area contributed by atoms with Gasteiger partial charge in [-0.3, -0.25) is 9.97 Å². The zero-order valence-corrected chi connectivity index (χ0v) is 11.1. The van der Waals surface area contributed by atoms with Crippen LogP contribution in [0.3, 0.4) is 0 Å². The van der Waals surface area contributed by atoms with Crippen LogP contribution in [0, 0.1) is 0 Å². The molecule has 3 aromatic heterocycles. The quantitative estimate of drug-likeness (QED) is 0.563. The van der Waals surface area contributed by atoms with Crippen LogP contribution in [-0.4, -0.2) is 25.0 Å². The van der Waals surface area contributed by atoms with E-state index in [1.807, 2.05) is 54.7 Å². The van der Waals surface area contributed by atoms with E-state index in [1.54, 1.807) is 17.1 Å². The Labute approximate surface area is 120 Å². The Morgan fingerprint density at radius 1 is 0.762 bits per heavy atom. The van der Waals surface area contributed by atoms with Crippen LogP contribution in [0.2, 0.25) is 0 Å². The van der Waals surface area contributed by atoms with E-state index in [0.717, 1.165) is 28.0 Å². The van der Waals surface area contributed by atoms with Crippen molar-refractivity contribution in [2.75, 3.05) is 0 Å². The van der Waals surface area contributed by atoms with Crippen molar-refractivity contribution in [3.05, 3.63) is 67.1 Å². The van der Waals surface area contributed by atoms with Crippen LogP contribution in [0.15, 0.2) is 67.1 Å². The monoisotopic (exact) mass is 273 g/mol. The highest BCUT2D eigenvalue weighted by Crippen LogP contribution is 2.21. The van der Waals surface area contributed by atoms with Crippen molar-refractivity contribution >= 4 is 10.9 Å². The molecule has 0 bridgehead atoms. The summed E-state index contributed by atoms with van der Waals surface area (Å²) in [6, 6.07) is 15.6. The summed E-state index contributed by atoms with van der Waals surface area (Å²) in [5.74, 6) is 0. The van der Waals surface area contributed by atoms with Crippen molar-refractivity contribution in [2.45, 2.75) is 0 Å². The second-order valence-corrected chi connectivity index (χ2v) is 4.61. The van der Waals surface area contributed by atoms with Crippen LogP contribution in [0.5, 0.6) is 0 Å². The average molecular weight is 273 g/mol. The maximum absolute atomic E-state index is 4.36. The molecule has 0 aliphatic carbocycles. The minimum Gasteiger partial charge on any atom is -0.256 e. The van der Waals surface area contributed by atoms with Crippen LogP contribution >= 0.6 is 0 Å². The molecule has 4 rings (SSSR count). The van der Waals surface area contributed by atoms with Gasteiger partial charge in [-0.15, -0.1) is 5.10 Å². The fourth-order valence-electron chi connectivity index (χ4n) is 2.29. The van der Waals surface area contributed by atoms with Crippen molar-refractivity contribution in [3.63, 3.8) is 0 Å². The molecule has 5 nitrogen and oxygen atoms in total. The number of fused-ring (bicyclic) bond motifs is 1. The fraction of sp³-hybridized carbons (Fsp3) is 0. The third-order valence-electron chi connectivity index (χ3n) is 3.29. The lowest BCUT2D eigenvalue weighted by Crippen LogP contribution is -1.96. The fourth-order valence-corrected chi connectivity index (χ4v) is 2.29. The maximum atomic E-state index is 4.36. The molecule has 0 aliphatic rings. The van der Waals surface area contributed by atoms with Crippen LogP contribution in [0.25, 0.3) is 28.0 Å². The molecule has 0 radical (unpaired) electrons. The van der Waals surface area contributed by atoms with Gasteiger partial charge in [-0.25, -0.2) is 4.68 Å². The Balaban J connectivity index is 1.85. The molecule has 0 N–H and O–H groups in total. The van der Waals surface area contributed by atoms with Crippen molar-refractivity contribution in [2.24, 2.45) is 0 Å². The molecule has 0 unspecified atom stereocenters. The molecule has 21 heavy (non-hydrogen) atoms. The molecule has 1 aromatic carbocycles. The Morgan fingerprint density at radius 2 is 1.67 bits per heavy atom. The van der Waals surface area contributed by atoms with Gasteiger partial charge >= 0.3 is 0 Å². The SMILES string of the molecule is c1ccc(-c2cn(-c3ccnc4ccccc34)nn2)nc1. The molecule has 0 saturated carbocycles. The minimum absolute atomic E-state index is 0.747. The van der Waals surface area contributed by atoms with E-state index >= 15 is 0 Å². The highest BCUT2D eigenvalue weighted by molar-refractivity contribution is 5.86. The third kappa shape index (κ3) is 2.04. The Morgan fingerprint density at radius 3 is 2.57 bits per heavy atom. The van der Waals surface area contributed by atoms with Gasteiger partial charge in [0.25, 0.3) is 0 Å². The first-order valence-electron chi connectivity index (χ1n) is 6.60. The summed E-state index contributed by atoms with van der Waals surface area (Å²) in [4.78, 5) is 8.65. The van der Waals surface area contributed by atoms with E-state index in [9.17, 15) is 0 Å². The Kier molecular flexibility index (Phi) is 2.67. The predicted molar refractivity (Wildman–Crippen MR) is 79.9 cm³/mol. The highest BCUT2D eigenvalue weighted by Gasteiger charge is 2.08. The van der Waals surface area contributed by atoms with E-state index in [4.69, 9.17) is 0 Å². The van der Waals surface area contributed by atoms with Crippen LogP contribution in [-0.2, 0) is 0 Å². The number of pyridine rings is 2. The zero-order chi connectivity index (χ0) is 14.1. The molecule has 0 fully saturated rings. The molecule has 0 atom stereocenters. The Bertz CT molecular complexity index is 893. The second-order valence-electron chi connectivity index (χ2n) is 4.61. The van der Waals surface area contributed by atoms with Gasteiger partial charge in [-0.2, -0.15) is 0 Å². The number of rotatable bonds is 2. The van der Waals surface area contributed by atoms with Crippen molar-refractivity contribution in [3.8, 4) is 17.1 Å². The molecule has 0 saturated heterocycles. The first-order valence-corrected chi connectivity index (χ1v) is 6.60. The molecule has 100 valence electrons. The topological polar surface area (TPSA) is 56.5 Å². The smallest absolute Gasteiger partial charge is 0.131 e. The molecule has 3 heterocycles. The van der Waals surface area contributed by atoms with E-state index in [2.05, 4.69) is 20.3 Å². The lowest BCUT2D eigenvalue weighted by atomic mass is 10.2. The van der Waals surface area contributed by atoms with Gasteiger partial charge in [-0.1, -0.05) is 29.5 Å². The number of benzene rings is 1. The average Bonchev–Trinajstić information content (AvgIpc) is 3.05. The van der Waals surface area contributed by atoms with Gasteiger partial charge in [0.1, 0.15) is 5.69 Å². The van der Waals surface area contributed by atoms with Crippen LogP contribution in [0.1, 0.15) is 0 Å². The standard InChI is InChI=1S/C16H11N5/c1-2-6-13-12(5-1)16(8-10-18-13)21-11-15(19-20-21)14-7-3-4-9-17-14/h1-11H. The van der Waals surface area contributed by atoms with Gasteiger partial charge in [-0.05, 0) is 24.3 Å². The van der Waals surface area contributed by atoms with Crippen molar-refractivity contribution in [1.82, 2.24) is 25.0 Å². The van der Waals surface area contributed by atoms with Crippen molar-refractivity contribution in [1.29, 1.82) is 0 Å². The molecule has 0 amide bonds. The van der Waals surface area contributed by atoms with Gasteiger partial charge in [0.05, 0.1) is 23.1 Å². The highest BCUT2D eigenvalue weighted by atomic mass is 15.4. The van der Waals surface area contributed by atoms with Crippen LogP contribution in [0.4, 0.5) is 0 Å². The predicted octanol–water partition coefficient (Wildman–Crippen LogP) is 2.88. The van der Waals surface area contributed by atoms with Gasteiger partial charge in [0, 0.05) is 17.8 Å². The molecule has 0 aliphatic heterocycles. The second kappa shape index (κ2) is 4.79. The van der Waals surface area contributed by atoms with E-state index in [1.165, 1.54) is 0 Å². The minimum atomic E-state index is 0.747. The number of aromatic nitrogens is 5. The zero-order valence-electron chi connectivity index (χ0n) is 11.1. The molecular weight excluding hydrogens is 262 g/mol. The summed E-state index contributed by atoms with van der Waals surface area (Å²) in [7, 11) is 0. The summed E-state index contributed by atoms with van der Waals surface area (Å²) in [5, 5.41) is 9.45. The molecular formula is C16H11N5. The normalized spacial score (nSPS) is 10.9. The summed E-state index contributed by atoms with van der Waals surface area (Å²) in [6.45, 7) is 0. The van der Waals surface area contributed by atoms with Crippen molar-refractivity contribution < 1.29 is 0 Å². The largest absolute Gasteiger partial charge is 0.256 e. The summed E-state index contributed by atoms with van der Waals surface area (Å²) in [6.07, 6.45) is 5.40. The van der Waals surface area contributed by atoms with Crippen LogP contribution < -0.4 is 0 Å². The maximum Gasteiger partial charge on any atom is 0.131 e. The molecule has 5 heteroatoms. The van der Waals surface area contributed by atoms with Gasteiger partial charge in [0.15, 0.2) is 0 Å². The third-order valence-corrected chi connectivity index (χ3v) is 3.29. The van der Waals surface area contributed by atoms with Gasteiger partial charge < -0.3 is 0 Å².